The van der Waals surface area contributed by atoms with Gasteiger partial charge in [0.15, 0.2) is 0 Å². The normalized spacial score (nSPS) is 18.6. The van der Waals surface area contributed by atoms with Crippen molar-refractivity contribution in [1.29, 1.82) is 0 Å². The molecule has 0 bridgehead atoms. The molecule has 5 heteroatoms. The highest BCUT2D eigenvalue weighted by molar-refractivity contribution is 6.02. The Balaban J connectivity index is 1.77. The summed E-state index contributed by atoms with van der Waals surface area (Å²) in [5.74, 6) is -0.655. The molecular weight excluding hydrogens is 278 g/mol. The van der Waals surface area contributed by atoms with Crippen LogP contribution in [0.15, 0.2) is 48.8 Å². The molecule has 5 nitrogen and oxygen atoms in total. The second-order valence-electron chi connectivity index (χ2n) is 5.53. The van der Waals surface area contributed by atoms with Gasteiger partial charge in [-0.1, -0.05) is 18.2 Å². The van der Waals surface area contributed by atoms with Gasteiger partial charge in [0.05, 0.1) is 5.92 Å². The van der Waals surface area contributed by atoms with Gasteiger partial charge in [-0.25, -0.2) is 0 Å². The first-order valence-electron chi connectivity index (χ1n) is 7.31. The first kappa shape index (κ1) is 12.9. The van der Waals surface area contributed by atoms with E-state index in [4.69, 9.17) is 0 Å². The number of H-pyrrole nitrogens is 1. The van der Waals surface area contributed by atoms with Crippen molar-refractivity contribution in [2.24, 2.45) is 0 Å². The van der Waals surface area contributed by atoms with Crippen molar-refractivity contribution in [2.75, 3.05) is 0 Å². The van der Waals surface area contributed by atoms with Crippen LogP contribution in [0, 0.1) is 0 Å². The third kappa shape index (κ3) is 1.94. The van der Waals surface area contributed by atoms with Crippen molar-refractivity contribution in [2.45, 2.75) is 18.8 Å². The highest BCUT2D eigenvalue weighted by atomic mass is 16.2. The lowest BCUT2D eigenvalue weighted by molar-refractivity contribution is -0.134. The number of imide groups is 1. The number of fused-ring (bicyclic) bond motifs is 1. The summed E-state index contributed by atoms with van der Waals surface area (Å²) in [5, 5.41) is 3.45. The number of amides is 2. The highest BCUT2D eigenvalue weighted by Gasteiger charge is 2.30. The van der Waals surface area contributed by atoms with Crippen LogP contribution < -0.4 is 5.32 Å². The fourth-order valence-electron chi connectivity index (χ4n) is 3.12. The van der Waals surface area contributed by atoms with E-state index in [1.807, 2.05) is 48.8 Å². The van der Waals surface area contributed by atoms with Crippen LogP contribution in [0.5, 0.6) is 0 Å². The van der Waals surface area contributed by atoms with Gasteiger partial charge in [-0.2, -0.15) is 0 Å². The maximum Gasteiger partial charge on any atom is 0.234 e. The van der Waals surface area contributed by atoms with Gasteiger partial charge in [0, 0.05) is 29.9 Å². The lowest BCUT2D eigenvalue weighted by Crippen LogP contribution is -2.39. The molecule has 1 aliphatic heterocycles. The lowest BCUT2D eigenvalue weighted by Gasteiger charge is -2.19. The van der Waals surface area contributed by atoms with E-state index in [2.05, 4.69) is 14.9 Å². The molecule has 1 fully saturated rings. The first-order valence-corrected chi connectivity index (χ1v) is 7.31. The Morgan fingerprint density at radius 1 is 1.09 bits per heavy atom. The van der Waals surface area contributed by atoms with Crippen LogP contribution in [0.3, 0.4) is 0 Å². The topological polar surface area (TPSA) is 66.9 Å². The standard InChI is InChI=1S/C17H15N3O2/c21-15-7-6-13(17(22)19-15)14-10-18-16-12(14)8-9-20(16)11-4-2-1-3-5-11/h1-5,8-10,13,18H,6-7H2,(H,19,21,22). The molecule has 1 unspecified atom stereocenters. The molecule has 0 radical (unpaired) electrons. The number of hydrogen-bond donors (Lipinski definition) is 2. The van der Waals surface area contributed by atoms with E-state index in [9.17, 15) is 9.59 Å². The Morgan fingerprint density at radius 3 is 2.68 bits per heavy atom. The van der Waals surface area contributed by atoms with Crippen LogP contribution in [-0.4, -0.2) is 21.4 Å². The average Bonchev–Trinajstić information content (AvgIpc) is 3.10. The molecule has 110 valence electrons. The molecule has 0 spiro atoms. The number of nitrogens with zero attached hydrogens (tertiary/aromatic N) is 1. The number of para-hydroxylation sites is 1. The molecule has 22 heavy (non-hydrogen) atoms. The molecule has 1 atom stereocenters. The van der Waals surface area contributed by atoms with Crippen molar-refractivity contribution in [1.82, 2.24) is 14.9 Å². The molecular formula is C17H15N3O2. The molecule has 2 N–H and O–H groups in total. The number of benzene rings is 1. The summed E-state index contributed by atoms with van der Waals surface area (Å²) in [7, 11) is 0. The third-order valence-corrected chi connectivity index (χ3v) is 4.21. The molecule has 2 aromatic heterocycles. The van der Waals surface area contributed by atoms with E-state index in [0.29, 0.717) is 12.8 Å². The molecule has 3 aromatic rings. The summed E-state index contributed by atoms with van der Waals surface area (Å²) < 4.78 is 2.06. The largest absolute Gasteiger partial charge is 0.347 e. The summed E-state index contributed by atoms with van der Waals surface area (Å²) in [6, 6.07) is 12.0. The number of hydrogen-bond acceptors (Lipinski definition) is 2. The monoisotopic (exact) mass is 293 g/mol. The maximum absolute atomic E-state index is 12.1. The van der Waals surface area contributed by atoms with Gasteiger partial charge >= 0.3 is 0 Å². The summed E-state index contributed by atoms with van der Waals surface area (Å²) in [6.07, 6.45) is 4.83. The fourth-order valence-corrected chi connectivity index (χ4v) is 3.12. The molecule has 2 amide bonds. The SMILES string of the molecule is O=C1CCC(c2c[nH]c3c2ccn3-c2ccccc2)C(=O)N1. The summed E-state index contributed by atoms with van der Waals surface area (Å²) >= 11 is 0. The van der Waals surface area contributed by atoms with E-state index in [1.165, 1.54) is 0 Å². The molecule has 0 saturated carbocycles. The third-order valence-electron chi connectivity index (χ3n) is 4.21. The number of piperidine rings is 1. The summed E-state index contributed by atoms with van der Waals surface area (Å²) in [6.45, 7) is 0. The zero-order valence-corrected chi connectivity index (χ0v) is 11.9. The number of aromatic nitrogens is 2. The smallest absolute Gasteiger partial charge is 0.234 e. The van der Waals surface area contributed by atoms with Crippen molar-refractivity contribution in [3.8, 4) is 5.69 Å². The van der Waals surface area contributed by atoms with Crippen LogP contribution in [0.4, 0.5) is 0 Å². The minimum absolute atomic E-state index is 0.185. The van der Waals surface area contributed by atoms with Crippen molar-refractivity contribution in [3.63, 3.8) is 0 Å². The first-order chi connectivity index (χ1) is 10.7. The molecule has 1 saturated heterocycles. The van der Waals surface area contributed by atoms with Gasteiger partial charge in [0.25, 0.3) is 0 Å². The molecule has 3 heterocycles. The van der Waals surface area contributed by atoms with Gasteiger partial charge in [-0.15, -0.1) is 0 Å². The summed E-state index contributed by atoms with van der Waals surface area (Å²) in [4.78, 5) is 26.6. The van der Waals surface area contributed by atoms with Gasteiger partial charge in [0.2, 0.25) is 11.8 Å². The molecule has 1 aromatic carbocycles. The van der Waals surface area contributed by atoms with Crippen LogP contribution in [0.1, 0.15) is 24.3 Å². The van der Waals surface area contributed by atoms with Crippen molar-refractivity contribution < 1.29 is 9.59 Å². The maximum atomic E-state index is 12.1. The minimum Gasteiger partial charge on any atom is -0.347 e. The second-order valence-corrected chi connectivity index (χ2v) is 5.53. The number of carbonyl (C=O) groups is 2. The molecule has 4 rings (SSSR count). The Kier molecular flexibility index (Phi) is 2.85. The lowest BCUT2D eigenvalue weighted by atomic mass is 9.91. The Labute approximate surface area is 126 Å². The van der Waals surface area contributed by atoms with Crippen LogP contribution in [-0.2, 0) is 9.59 Å². The number of rotatable bonds is 2. The van der Waals surface area contributed by atoms with Crippen LogP contribution in [0.25, 0.3) is 16.7 Å². The summed E-state index contributed by atoms with van der Waals surface area (Å²) in [5.41, 5.74) is 2.98. The second kappa shape index (κ2) is 4.87. The number of aromatic amines is 1. The molecule has 0 aliphatic carbocycles. The van der Waals surface area contributed by atoms with Crippen molar-refractivity contribution >= 4 is 22.8 Å². The Hall–Kier alpha value is -2.82. The number of carbonyl (C=O) groups excluding carboxylic acids is 2. The van der Waals surface area contributed by atoms with Crippen LogP contribution in [0.2, 0.25) is 0 Å². The van der Waals surface area contributed by atoms with Gasteiger partial charge in [0.1, 0.15) is 5.65 Å². The van der Waals surface area contributed by atoms with Gasteiger partial charge in [-0.05, 0) is 30.2 Å². The van der Waals surface area contributed by atoms with Crippen molar-refractivity contribution in [3.05, 3.63) is 54.4 Å². The van der Waals surface area contributed by atoms with Gasteiger partial charge < -0.3 is 9.55 Å². The minimum atomic E-state index is -0.266. The zero-order valence-electron chi connectivity index (χ0n) is 11.9. The predicted molar refractivity (Wildman–Crippen MR) is 82.8 cm³/mol. The van der Waals surface area contributed by atoms with E-state index >= 15 is 0 Å². The average molecular weight is 293 g/mol. The highest BCUT2D eigenvalue weighted by Crippen LogP contribution is 2.32. The van der Waals surface area contributed by atoms with E-state index in [-0.39, 0.29) is 17.7 Å². The van der Waals surface area contributed by atoms with E-state index < -0.39 is 0 Å². The zero-order chi connectivity index (χ0) is 15.1. The molecule has 1 aliphatic rings. The Bertz CT molecular complexity index is 861. The van der Waals surface area contributed by atoms with Gasteiger partial charge in [-0.3, -0.25) is 14.9 Å². The fraction of sp³-hybridized carbons (Fsp3) is 0.176. The van der Waals surface area contributed by atoms with Crippen LogP contribution >= 0.6 is 0 Å². The van der Waals surface area contributed by atoms with E-state index in [1.54, 1.807) is 0 Å². The predicted octanol–water partition coefficient (Wildman–Crippen LogP) is 2.48. The van der Waals surface area contributed by atoms with E-state index in [0.717, 1.165) is 22.3 Å². The number of nitrogens with one attached hydrogen (secondary N) is 2. The quantitative estimate of drug-likeness (QED) is 0.713. The Morgan fingerprint density at radius 2 is 1.91 bits per heavy atom.